The van der Waals surface area contributed by atoms with Crippen molar-refractivity contribution in [3.63, 3.8) is 0 Å². The third kappa shape index (κ3) is 3.04. The number of carboxylic acid groups (broad SMARTS) is 1. The number of rotatable bonds is 5. The molecule has 17 heavy (non-hydrogen) atoms. The minimum atomic E-state index is -3.60. The zero-order valence-corrected chi connectivity index (χ0v) is 10.5. The van der Waals surface area contributed by atoms with Gasteiger partial charge in [0.25, 0.3) is 0 Å². The van der Waals surface area contributed by atoms with Crippen LogP contribution in [0, 0.1) is 0 Å². The second-order valence-corrected chi connectivity index (χ2v) is 5.81. The van der Waals surface area contributed by atoms with E-state index in [-0.39, 0.29) is 5.75 Å². The van der Waals surface area contributed by atoms with Gasteiger partial charge in [0.05, 0.1) is 5.75 Å². The number of benzene rings is 1. The monoisotopic (exact) mass is 257 g/mol. The molecule has 5 nitrogen and oxygen atoms in total. The molecular formula is C11H15NO4S. The van der Waals surface area contributed by atoms with Gasteiger partial charge in [-0.1, -0.05) is 30.3 Å². The maximum absolute atomic E-state index is 11.5. The molecule has 0 amide bonds. The quantitative estimate of drug-likeness (QED) is 0.821. The highest BCUT2D eigenvalue weighted by molar-refractivity contribution is 7.89. The summed E-state index contributed by atoms with van der Waals surface area (Å²) in [6.45, 7) is 2.79. The van der Waals surface area contributed by atoms with Gasteiger partial charge in [-0.25, -0.2) is 13.2 Å². The van der Waals surface area contributed by atoms with Crippen LogP contribution in [0.4, 0.5) is 0 Å². The summed E-state index contributed by atoms with van der Waals surface area (Å²) in [4.78, 5) is 11.3. The Bertz CT molecular complexity index is 497. The van der Waals surface area contributed by atoms with Gasteiger partial charge >= 0.3 is 5.97 Å². The highest BCUT2D eigenvalue weighted by Gasteiger charge is 2.38. The van der Waals surface area contributed by atoms with Crippen LogP contribution in [0.5, 0.6) is 0 Å². The van der Waals surface area contributed by atoms with Gasteiger partial charge in [-0.2, -0.15) is 4.72 Å². The fraction of sp³-hybridized carbons (Fsp3) is 0.364. The molecule has 1 aromatic carbocycles. The minimum absolute atomic E-state index is 0.164. The Morgan fingerprint density at radius 1 is 1.35 bits per heavy atom. The number of hydrogen-bond acceptors (Lipinski definition) is 3. The Morgan fingerprint density at radius 2 is 1.88 bits per heavy atom. The average Bonchev–Trinajstić information content (AvgIpc) is 2.29. The first-order chi connectivity index (χ1) is 7.82. The Hall–Kier alpha value is -1.40. The molecule has 1 aromatic rings. The summed E-state index contributed by atoms with van der Waals surface area (Å²) < 4.78 is 25.2. The first kappa shape index (κ1) is 13.7. The van der Waals surface area contributed by atoms with Crippen LogP contribution in [0.25, 0.3) is 0 Å². The highest BCUT2D eigenvalue weighted by atomic mass is 32.2. The van der Waals surface area contributed by atoms with Crippen LogP contribution in [0.3, 0.4) is 0 Å². The fourth-order valence-corrected chi connectivity index (χ4v) is 2.35. The van der Waals surface area contributed by atoms with Crippen LogP contribution in [-0.2, 0) is 20.4 Å². The molecule has 0 saturated heterocycles. The van der Waals surface area contributed by atoms with E-state index >= 15 is 0 Å². The number of aliphatic carboxylic acids is 1. The third-order valence-corrected chi connectivity index (χ3v) is 4.00. The zero-order chi connectivity index (χ0) is 13.1. The standard InChI is InChI=1S/C11H15NO4S/c1-3-17(15,16)12-11(2,10(13)14)9-7-5-4-6-8-9/h4-8,12H,3H2,1-2H3,(H,13,14). The van der Waals surface area contributed by atoms with Crippen molar-refractivity contribution < 1.29 is 18.3 Å². The molecule has 1 rings (SSSR count). The Labute approximate surface area is 101 Å². The lowest BCUT2D eigenvalue weighted by Gasteiger charge is -2.26. The van der Waals surface area contributed by atoms with Crippen molar-refractivity contribution >= 4 is 16.0 Å². The van der Waals surface area contributed by atoms with Crippen molar-refractivity contribution in [3.8, 4) is 0 Å². The second kappa shape index (κ2) is 4.85. The predicted octanol–water partition coefficient (Wildman–Crippen LogP) is 0.926. The lowest BCUT2D eigenvalue weighted by Crippen LogP contribution is -2.49. The number of nitrogens with one attached hydrogen (secondary N) is 1. The van der Waals surface area contributed by atoms with Crippen LogP contribution < -0.4 is 4.72 Å². The third-order valence-electron chi connectivity index (χ3n) is 2.52. The fourth-order valence-electron chi connectivity index (χ4n) is 1.38. The molecule has 0 bridgehead atoms. The topological polar surface area (TPSA) is 83.5 Å². The van der Waals surface area contributed by atoms with Crippen molar-refractivity contribution in [1.29, 1.82) is 0 Å². The number of carboxylic acids is 1. The van der Waals surface area contributed by atoms with Crippen molar-refractivity contribution in [1.82, 2.24) is 4.72 Å². The van der Waals surface area contributed by atoms with Crippen LogP contribution in [0.2, 0.25) is 0 Å². The molecule has 94 valence electrons. The summed E-state index contributed by atoms with van der Waals surface area (Å²) in [5, 5.41) is 9.22. The van der Waals surface area contributed by atoms with Crippen LogP contribution in [0.15, 0.2) is 30.3 Å². The van der Waals surface area contributed by atoms with Gasteiger partial charge in [0, 0.05) is 0 Å². The predicted molar refractivity (Wildman–Crippen MR) is 64.0 cm³/mol. The summed E-state index contributed by atoms with van der Waals surface area (Å²) in [7, 11) is -3.60. The van der Waals surface area contributed by atoms with Gasteiger partial charge in [0.2, 0.25) is 10.0 Å². The number of sulfonamides is 1. The molecule has 0 saturated carbocycles. The minimum Gasteiger partial charge on any atom is -0.480 e. The molecule has 1 atom stereocenters. The summed E-state index contributed by atoms with van der Waals surface area (Å²) in [6, 6.07) is 8.21. The molecular weight excluding hydrogens is 242 g/mol. The van der Waals surface area contributed by atoms with Gasteiger partial charge in [-0.05, 0) is 19.4 Å². The molecule has 0 aliphatic heterocycles. The van der Waals surface area contributed by atoms with Crippen molar-refractivity contribution in [2.45, 2.75) is 19.4 Å². The molecule has 0 aromatic heterocycles. The molecule has 0 heterocycles. The smallest absolute Gasteiger partial charge is 0.329 e. The van der Waals surface area contributed by atoms with E-state index in [9.17, 15) is 18.3 Å². The largest absolute Gasteiger partial charge is 0.480 e. The van der Waals surface area contributed by atoms with E-state index in [4.69, 9.17) is 0 Å². The highest BCUT2D eigenvalue weighted by Crippen LogP contribution is 2.21. The van der Waals surface area contributed by atoms with Gasteiger partial charge in [-0.15, -0.1) is 0 Å². The van der Waals surface area contributed by atoms with Gasteiger partial charge in [0.1, 0.15) is 0 Å². The van der Waals surface area contributed by atoms with E-state index in [0.717, 1.165) is 0 Å². The van der Waals surface area contributed by atoms with Gasteiger partial charge < -0.3 is 5.11 Å². The molecule has 0 aliphatic carbocycles. The van der Waals surface area contributed by atoms with E-state index in [0.29, 0.717) is 5.56 Å². The van der Waals surface area contributed by atoms with Gasteiger partial charge in [-0.3, -0.25) is 0 Å². The maximum atomic E-state index is 11.5. The second-order valence-electron chi connectivity index (χ2n) is 3.80. The molecule has 2 N–H and O–H groups in total. The zero-order valence-electron chi connectivity index (χ0n) is 9.67. The molecule has 6 heteroatoms. The summed E-state index contributed by atoms with van der Waals surface area (Å²) >= 11 is 0. The van der Waals surface area contributed by atoms with E-state index in [1.807, 2.05) is 0 Å². The summed E-state index contributed by atoms with van der Waals surface area (Å²) in [6.07, 6.45) is 0. The van der Waals surface area contributed by atoms with Crippen molar-refractivity contribution in [2.24, 2.45) is 0 Å². The molecule has 1 unspecified atom stereocenters. The maximum Gasteiger partial charge on any atom is 0.329 e. The molecule has 0 fully saturated rings. The summed E-state index contributed by atoms with van der Waals surface area (Å²) in [5.74, 6) is -1.40. The van der Waals surface area contributed by atoms with E-state index in [1.165, 1.54) is 13.8 Å². The lowest BCUT2D eigenvalue weighted by atomic mass is 9.94. The van der Waals surface area contributed by atoms with Crippen LogP contribution in [-0.4, -0.2) is 25.2 Å². The molecule has 0 spiro atoms. The average molecular weight is 257 g/mol. The molecule has 0 radical (unpaired) electrons. The Morgan fingerprint density at radius 3 is 2.29 bits per heavy atom. The van der Waals surface area contributed by atoms with Crippen LogP contribution >= 0.6 is 0 Å². The number of carbonyl (C=O) groups is 1. The SMILES string of the molecule is CCS(=O)(=O)NC(C)(C(=O)O)c1ccccc1. The van der Waals surface area contributed by atoms with Gasteiger partial charge in [0.15, 0.2) is 5.54 Å². The molecule has 0 aliphatic rings. The van der Waals surface area contributed by atoms with E-state index < -0.39 is 21.5 Å². The van der Waals surface area contributed by atoms with E-state index in [1.54, 1.807) is 30.3 Å². The van der Waals surface area contributed by atoms with Crippen LogP contribution in [0.1, 0.15) is 19.4 Å². The number of hydrogen-bond donors (Lipinski definition) is 2. The first-order valence-electron chi connectivity index (χ1n) is 5.12. The normalized spacial score (nSPS) is 15.2. The van der Waals surface area contributed by atoms with Crippen molar-refractivity contribution in [3.05, 3.63) is 35.9 Å². The first-order valence-corrected chi connectivity index (χ1v) is 6.77. The summed E-state index contributed by atoms with van der Waals surface area (Å²) in [5.41, 5.74) is -1.25. The Kier molecular flexibility index (Phi) is 3.90. The van der Waals surface area contributed by atoms with Crippen molar-refractivity contribution in [2.75, 3.05) is 5.75 Å². The lowest BCUT2D eigenvalue weighted by molar-refractivity contribution is -0.143. The van der Waals surface area contributed by atoms with E-state index in [2.05, 4.69) is 4.72 Å². The Balaban J connectivity index is 3.21.